The van der Waals surface area contributed by atoms with Gasteiger partial charge in [-0.2, -0.15) is 0 Å². The maximum absolute atomic E-state index is 12.1. The van der Waals surface area contributed by atoms with Gasteiger partial charge in [-0.3, -0.25) is 9.52 Å². The smallest absolute Gasteiger partial charge is 0.253 e. The highest BCUT2D eigenvalue weighted by Crippen LogP contribution is 2.16. The monoisotopic (exact) mass is 365 g/mol. The molecular weight excluding hydrogens is 342 g/mol. The van der Waals surface area contributed by atoms with Crippen molar-refractivity contribution < 1.29 is 17.9 Å². The zero-order chi connectivity index (χ0) is 16.4. The fourth-order valence-electron chi connectivity index (χ4n) is 1.67. The minimum Gasteiger partial charge on any atom is -0.383 e. The van der Waals surface area contributed by atoms with Crippen LogP contribution in [0.5, 0.6) is 0 Å². The Balaban J connectivity index is 0.00000484. The number of ether oxygens (including phenoxy) is 1. The molecule has 0 fully saturated rings. The van der Waals surface area contributed by atoms with Gasteiger partial charge in [0.1, 0.15) is 0 Å². The summed E-state index contributed by atoms with van der Waals surface area (Å²) < 4.78 is 30.6. The number of sulfonamides is 1. The van der Waals surface area contributed by atoms with E-state index in [2.05, 4.69) is 15.4 Å². The van der Waals surface area contributed by atoms with Crippen LogP contribution in [-0.4, -0.2) is 53.4 Å². The summed E-state index contributed by atoms with van der Waals surface area (Å²) in [5.74, 6) is -0.366. The summed E-state index contributed by atoms with van der Waals surface area (Å²) in [6.07, 6.45) is 0. The van der Waals surface area contributed by atoms with Crippen molar-refractivity contribution in [2.45, 2.75) is 6.92 Å². The van der Waals surface area contributed by atoms with Crippen molar-refractivity contribution >= 4 is 34.0 Å². The van der Waals surface area contributed by atoms with Crippen LogP contribution < -0.4 is 15.4 Å². The van der Waals surface area contributed by atoms with E-state index < -0.39 is 10.0 Å². The Morgan fingerprint density at radius 2 is 1.87 bits per heavy atom. The van der Waals surface area contributed by atoms with Gasteiger partial charge in [0, 0.05) is 26.7 Å². The van der Waals surface area contributed by atoms with Crippen molar-refractivity contribution in [3.63, 3.8) is 0 Å². The summed E-state index contributed by atoms with van der Waals surface area (Å²) in [4.78, 5) is 12.1. The third-order valence-electron chi connectivity index (χ3n) is 2.89. The molecule has 0 aromatic heterocycles. The van der Waals surface area contributed by atoms with E-state index in [1.54, 1.807) is 31.4 Å². The van der Waals surface area contributed by atoms with Gasteiger partial charge in [0.05, 0.1) is 23.6 Å². The summed E-state index contributed by atoms with van der Waals surface area (Å²) in [7, 11) is -1.80. The first-order valence-corrected chi connectivity index (χ1v) is 8.72. The second-order valence-corrected chi connectivity index (χ2v) is 6.56. The van der Waals surface area contributed by atoms with Gasteiger partial charge < -0.3 is 15.4 Å². The number of benzene rings is 1. The molecule has 0 bridgehead atoms. The number of hydrogen-bond acceptors (Lipinski definition) is 5. The molecule has 0 saturated heterocycles. The van der Waals surface area contributed by atoms with Crippen LogP contribution in [0.1, 0.15) is 17.3 Å². The molecule has 0 unspecified atom stereocenters. The van der Waals surface area contributed by atoms with Crippen LogP contribution in [0, 0.1) is 0 Å². The molecule has 1 amide bonds. The second kappa shape index (κ2) is 11.2. The van der Waals surface area contributed by atoms with Crippen LogP contribution in [0.15, 0.2) is 24.3 Å². The Morgan fingerprint density at radius 3 is 2.52 bits per heavy atom. The molecule has 0 atom stereocenters. The third kappa shape index (κ3) is 8.17. The summed E-state index contributed by atoms with van der Waals surface area (Å²) in [5.41, 5.74) is 0.589. The highest BCUT2D eigenvalue weighted by molar-refractivity contribution is 7.92. The SMILES string of the molecule is CCS(=O)(=O)Nc1ccccc1C(=O)NCCNCCOC.Cl. The molecular formula is C14H24ClN3O4S. The maximum Gasteiger partial charge on any atom is 0.253 e. The highest BCUT2D eigenvalue weighted by atomic mass is 35.5. The van der Waals surface area contributed by atoms with Gasteiger partial charge in [-0.25, -0.2) is 8.42 Å². The number of nitrogens with one attached hydrogen (secondary N) is 3. The fourth-order valence-corrected chi connectivity index (χ4v) is 2.33. The third-order valence-corrected chi connectivity index (χ3v) is 4.18. The average molecular weight is 366 g/mol. The first kappa shape index (κ1) is 21.6. The Labute approximate surface area is 143 Å². The molecule has 1 aromatic rings. The molecule has 0 saturated carbocycles. The van der Waals surface area contributed by atoms with E-state index in [0.717, 1.165) is 0 Å². The van der Waals surface area contributed by atoms with E-state index in [-0.39, 0.29) is 29.8 Å². The van der Waals surface area contributed by atoms with Crippen LogP contribution in [0.4, 0.5) is 5.69 Å². The van der Waals surface area contributed by atoms with Crippen molar-refractivity contribution in [1.82, 2.24) is 10.6 Å². The van der Waals surface area contributed by atoms with Crippen LogP contribution in [-0.2, 0) is 14.8 Å². The van der Waals surface area contributed by atoms with E-state index in [9.17, 15) is 13.2 Å². The van der Waals surface area contributed by atoms with Crippen LogP contribution in [0.2, 0.25) is 0 Å². The normalized spacial score (nSPS) is 10.7. The first-order valence-electron chi connectivity index (χ1n) is 7.07. The van der Waals surface area contributed by atoms with E-state index in [1.807, 2.05) is 0 Å². The average Bonchev–Trinajstić information content (AvgIpc) is 2.50. The first-order chi connectivity index (χ1) is 10.5. The number of carbonyl (C=O) groups excluding carboxylic acids is 1. The van der Waals surface area contributed by atoms with Crippen molar-refractivity contribution in [2.75, 3.05) is 43.8 Å². The lowest BCUT2D eigenvalue weighted by molar-refractivity contribution is 0.0954. The molecule has 0 radical (unpaired) electrons. The molecule has 9 heteroatoms. The van der Waals surface area contributed by atoms with Crippen molar-refractivity contribution in [3.05, 3.63) is 29.8 Å². The number of halogens is 1. The Kier molecular flexibility index (Phi) is 10.6. The summed E-state index contributed by atoms with van der Waals surface area (Å²) in [6.45, 7) is 3.90. The number of hydrogen-bond donors (Lipinski definition) is 3. The van der Waals surface area contributed by atoms with E-state index >= 15 is 0 Å². The van der Waals surface area contributed by atoms with Gasteiger partial charge in [0.15, 0.2) is 0 Å². The van der Waals surface area contributed by atoms with Gasteiger partial charge in [-0.15, -0.1) is 12.4 Å². The Bertz CT molecular complexity index is 581. The number of rotatable bonds is 10. The fraction of sp³-hybridized carbons (Fsp3) is 0.500. The molecule has 132 valence electrons. The molecule has 0 spiro atoms. The minimum atomic E-state index is -3.42. The number of amides is 1. The Morgan fingerprint density at radius 1 is 1.17 bits per heavy atom. The lowest BCUT2D eigenvalue weighted by atomic mass is 10.1. The lowest BCUT2D eigenvalue weighted by Crippen LogP contribution is -2.33. The predicted molar refractivity (Wildman–Crippen MR) is 93.9 cm³/mol. The van der Waals surface area contributed by atoms with E-state index in [1.165, 1.54) is 6.92 Å². The molecule has 0 aliphatic carbocycles. The van der Waals surface area contributed by atoms with Crippen LogP contribution in [0.25, 0.3) is 0 Å². The predicted octanol–water partition coefficient (Wildman–Crippen LogP) is 0.836. The topological polar surface area (TPSA) is 96.5 Å². The summed E-state index contributed by atoms with van der Waals surface area (Å²) >= 11 is 0. The molecule has 0 heterocycles. The molecule has 0 aliphatic rings. The van der Waals surface area contributed by atoms with Gasteiger partial charge in [0.25, 0.3) is 5.91 Å². The number of carbonyl (C=O) groups is 1. The van der Waals surface area contributed by atoms with Gasteiger partial charge >= 0.3 is 0 Å². The van der Waals surface area contributed by atoms with Crippen molar-refractivity contribution in [3.8, 4) is 0 Å². The van der Waals surface area contributed by atoms with Crippen molar-refractivity contribution in [1.29, 1.82) is 0 Å². The van der Waals surface area contributed by atoms with Crippen LogP contribution in [0.3, 0.4) is 0 Å². The number of anilines is 1. The van der Waals surface area contributed by atoms with Crippen molar-refractivity contribution in [2.24, 2.45) is 0 Å². The quantitative estimate of drug-likeness (QED) is 0.534. The zero-order valence-corrected chi connectivity index (χ0v) is 14.9. The van der Waals surface area contributed by atoms with Gasteiger partial charge in [-0.05, 0) is 19.1 Å². The van der Waals surface area contributed by atoms with E-state index in [0.29, 0.717) is 31.8 Å². The molecule has 1 rings (SSSR count). The number of methoxy groups -OCH3 is 1. The van der Waals surface area contributed by atoms with Crippen LogP contribution >= 0.6 is 12.4 Å². The van der Waals surface area contributed by atoms with Gasteiger partial charge in [-0.1, -0.05) is 12.1 Å². The zero-order valence-electron chi connectivity index (χ0n) is 13.3. The molecule has 3 N–H and O–H groups in total. The molecule has 23 heavy (non-hydrogen) atoms. The maximum atomic E-state index is 12.1. The summed E-state index contributed by atoms with van der Waals surface area (Å²) in [6, 6.07) is 6.52. The molecule has 7 nitrogen and oxygen atoms in total. The van der Waals surface area contributed by atoms with E-state index in [4.69, 9.17) is 4.74 Å². The second-order valence-electron chi connectivity index (χ2n) is 4.55. The molecule has 1 aromatic carbocycles. The largest absolute Gasteiger partial charge is 0.383 e. The lowest BCUT2D eigenvalue weighted by Gasteiger charge is -2.12. The standard InChI is InChI=1S/C14H23N3O4S.ClH/c1-3-22(19,20)17-13-7-5-4-6-12(13)14(18)16-9-8-15-10-11-21-2;/h4-7,15,17H,3,8-11H2,1-2H3,(H,16,18);1H. The number of para-hydroxylation sites is 1. The summed E-state index contributed by atoms with van der Waals surface area (Å²) in [5, 5.41) is 5.85. The minimum absolute atomic E-state index is 0. The Hall–Kier alpha value is -1.35. The molecule has 0 aliphatic heterocycles. The van der Waals surface area contributed by atoms with Gasteiger partial charge in [0.2, 0.25) is 10.0 Å². The highest BCUT2D eigenvalue weighted by Gasteiger charge is 2.14.